The number of hydrogen-bond acceptors (Lipinski definition) is 3. The third kappa shape index (κ3) is 3.67. The molecule has 0 unspecified atom stereocenters. The summed E-state index contributed by atoms with van der Waals surface area (Å²) in [6, 6.07) is 16.3. The number of carbonyl (C=O) groups excluding carboxylic acids is 2. The molecule has 2 aromatic carbocycles. The summed E-state index contributed by atoms with van der Waals surface area (Å²) < 4.78 is 0. The van der Waals surface area contributed by atoms with Gasteiger partial charge in [0, 0.05) is 19.0 Å². The zero-order valence-electron chi connectivity index (χ0n) is 17.5. The molecule has 2 aromatic rings. The summed E-state index contributed by atoms with van der Waals surface area (Å²) in [5.74, 6) is -0.0720. The zero-order valence-corrected chi connectivity index (χ0v) is 17.5. The van der Waals surface area contributed by atoms with E-state index in [0.717, 1.165) is 23.1 Å². The molecule has 0 bridgehead atoms. The van der Waals surface area contributed by atoms with Crippen molar-refractivity contribution < 1.29 is 14.7 Å². The van der Waals surface area contributed by atoms with Crippen molar-refractivity contribution in [3.63, 3.8) is 0 Å². The maximum absolute atomic E-state index is 12.7. The highest BCUT2D eigenvalue weighted by Crippen LogP contribution is 2.43. The Kier molecular flexibility index (Phi) is 5.77. The summed E-state index contributed by atoms with van der Waals surface area (Å²) in [5, 5.41) is 12.8. The average molecular weight is 408 g/mol. The van der Waals surface area contributed by atoms with Crippen molar-refractivity contribution in [3.8, 4) is 11.1 Å². The Balaban J connectivity index is 1.53. The number of aryl methyl sites for hydroxylation is 1. The van der Waals surface area contributed by atoms with E-state index < -0.39 is 0 Å². The maximum atomic E-state index is 12.7. The van der Waals surface area contributed by atoms with E-state index in [1.54, 1.807) is 9.80 Å². The minimum atomic E-state index is -0.228. The lowest BCUT2D eigenvalue weighted by molar-refractivity contribution is -0.159. The molecule has 0 spiro atoms. The standard InChI is InChI=1S/C24H29N3O3/c1-3-12-25-24(30)26-13-20-23(21(15-28)27(20)22(29)14-26)19-10-8-18(9-11-19)17-6-4-16(2)5-7-17/h4-11,20-21,23,28H,3,12-15H2,1-2H3,(H,25,30)/t20-,21-,23+/m0/s1. The quantitative estimate of drug-likeness (QED) is 0.801. The lowest BCUT2D eigenvalue weighted by atomic mass is 9.73. The highest BCUT2D eigenvalue weighted by atomic mass is 16.3. The van der Waals surface area contributed by atoms with E-state index >= 15 is 0 Å². The molecular formula is C24H29N3O3. The molecule has 158 valence electrons. The van der Waals surface area contributed by atoms with Crippen molar-refractivity contribution in [2.45, 2.75) is 38.3 Å². The third-order valence-electron chi connectivity index (χ3n) is 6.25. The molecule has 2 N–H and O–H groups in total. The van der Waals surface area contributed by atoms with E-state index in [1.165, 1.54) is 5.56 Å². The number of amides is 3. The first-order valence-corrected chi connectivity index (χ1v) is 10.6. The molecule has 0 saturated carbocycles. The van der Waals surface area contributed by atoms with Crippen LogP contribution >= 0.6 is 0 Å². The summed E-state index contributed by atoms with van der Waals surface area (Å²) in [7, 11) is 0. The number of nitrogens with zero attached hydrogens (tertiary/aromatic N) is 2. The Labute approximate surface area is 177 Å². The molecule has 0 radical (unpaired) electrons. The highest BCUT2D eigenvalue weighted by molar-refractivity contribution is 5.87. The van der Waals surface area contributed by atoms with Crippen molar-refractivity contribution >= 4 is 11.9 Å². The van der Waals surface area contributed by atoms with Gasteiger partial charge in [-0.25, -0.2) is 4.79 Å². The van der Waals surface area contributed by atoms with Crippen LogP contribution in [0.3, 0.4) is 0 Å². The molecule has 0 aliphatic carbocycles. The van der Waals surface area contributed by atoms with Gasteiger partial charge in [-0.05, 0) is 30.0 Å². The van der Waals surface area contributed by atoms with Crippen molar-refractivity contribution in [3.05, 3.63) is 59.7 Å². The predicted molar refractivity (Wildman–Crippen MR) is 116 cm³/mol. The van der Waals surface area contributed by atoms with Gasteiger partial charge in [0.1, 0.15) is 6.54 Å². The number of aliphatic hydroxyl groups excluding tert-OH is 1. The van der Waals surface area contributed by atoms with Gasteiger partial charge in [0.15, 0.2) is 0 Å². The lowest BCUT2D eigenvalue weighted by Crippen LogP contribution is -2.73. The number of hydrogen-bond donors (Lipinski definition) is 2. The van der Waals surface area contributed by atoms with Crippen molar-refractivity contribution in [2.24, 2.45) is 0 Å². The van der Waals surface area contributed by atoms with Gasteiger partial charge in [-0.15, -0.1) is 0 Å². The van der Waals surface area contributed by atoms with E-state index in [9.17, 15) is 14.7 Å². The van der Waals surface area contributed by atoms with Crippen LogP contribution in [-0.2, 0) is 4.79 Å². The van der Waals surface area contributed by atoms with Crippen LogP contribution in [0.1, 0.15) is 30.4 Å². The normalized spacial score (nSPS) is 23.0. The fraction of sp³-hybridized carbons (Fsp3) is 0.417. The third-order valence-corrected chi connectivity index (χ3v) is 6.25. The van der Waals surface area contributed by atoms with Crippen LogP contribution in [0.25, 0.3) is 11.1 Å². The van der Waals surface area contributed by atoms with Crippen LogP contribution in [0.4, 0.5) is 4.79 Å². The van der Waals surface area contributed by atoms with Gasteiger partial charge in [-0.3, -0.25) is 4.79 Å². The molecule has 2 aliphatic heterocycles. The van der Waals surface area contributed by atoms with Crippen LogP contribution in [0.2, 0.25) is 0 Å². The van der Waals surface area contributed by atoms with Gasteiger partial charge in [0.25, 0.3) is 0 Å². The topological polar surface area (TPSA) is 72.9 Å². The number of benzene rings is 2. The molecule has 3 amide bonds. The van der Waals surface area contributed by atoms with Gasteiger partial charge < -0.3 is 20.2 Å². The first kappa shape index (κ1) is 20.4. The molecule has 30 heavy (non-hydrogen) atoms. The molecule has 2 fully saturated rings. The number of fused-ring (bicyclic) bond motifs is 1. The molecule has 6 heteroatoms. The molecule has 2 saturated heterocycles. The van der Waals surface area contributed by atoms with E-state index in [-0.39, 0.29) is 43.1 Å². The number of piperazine rings is 1. The Hall–Kier alpha value is -2.86. The van der Waals surface area contributed by atoms with E-state index in [0.29, 0.717) is 13.1 Å². The zero-order chi connectivity index (χ0) is 21.3. The largest absolute Gasteiger partial charge is 0.394 e. The molecule has 0 aromatic heterocycles. The highest BCUT2D eigenvalue weighted by Gasteiger charge is 2.54. The van der Waals surface area contributed by atoms with E-state index in [2.05, 4.69) is 60.8 Å². The SMILES string of the molecule is CCCNC(=O)N1CC(=O)N2[C@@H](CO)[C@H](c3ccc(-c4ccc(C)cc4)cc3)[C@@H]2C1. The monoisotopic (exact) mass is 407 g/mol. The van der Waals surface area contributed by atoms with Gasteiger partial charge >= 0.3 is 6.03 Å². The molecule has 2 heterocycles. The molecule has 4 rings (SSSR count). The summed E-state index contributed by atoms with van der Waals surface area (Å²) in [4.78, 5) is 28.4. The molecule has 3 atom stereocenters. The maximum Gasteiger partial charge on any atom is 0.317 e. The number of nitrogens with one attached hydrogen (secondary N) is 1. The van der Waals surface area contributed by atoms with Gasteiger partial charge in [0.05, 0.1) is 18.7 Å². The number of rotatable bonds is 5. The van der Waals surface area contributed by atoms with Crippen LogP contribution in [0, 0.1) is 6.92 Å². The summed E-state index contributed by atoms with van der Waals surface area (Å²) in [5.41, 5.74) is 4.61. The first-order chi connectivity index (χ1) is 14.5. The Morgan fingerprint density at radius 3 is 2.33 bits per heavy atom. The van der Waals surface area contributed by atoms with Gasteiger partial charge in [0.2, 0.25) is 5.91 Å². The lowest BCUT2D eigenvalue weighted by Gasteiger charge is -2.58. The molecular weight excluding hydrogens is 378 g/mol. The second-order valence-electron chi connectivity index (χ2n) is 8.24. The Morgan fingerprint density at radius 2 is 1.73 bits per heavy atom. The van der Waals surface area contributed by atoms with Crippen LogP contribution in [0.15, 0.2) is 48.5 Å². The second kappa shape index (κ2) is 8.48. The van der Waals surface area contributed by atoms with Crippen LogP contribution in [0.5, 0.6) is 0 Å². The Morgan fingerprint density at radius 1 is 1.10 bits per heavy atom. The van der Waals surface area contributed by atoms with E-state index in [1.807, 2.05) is 6.92 Å². The number of urea groups is 1. The second-order valence-corrected chi connectivity index (χ2v) is 8.24. The summed E-state index contributed by atoms with van der Waals surface area (Å²) in [6.07, 6.45) is 0.853. The molecule has 6 nitrogen and oxygen atoms in total. The fourth-order valence-corrected chi connectivity index (χ4v) is 4.64. The number of aliphatic hydroxyl groups is 1. The van der Waals surface area contributed by atoms with Crippen LogP contribution < -0.4 is 5.32 Å². The van der Waals surface area contributed by atoms with Gasteiger partial charge in [-0.1, -0.05) is 61.0 Å². The summed E-state index contributed by atoms with van der Waals surface area (Å²) in [6.45, 7) is 5.15. The summed E-state index contributed by atoms with van der Waals surface area (Å²) >= 11 is 0. The average Bonchev–Trinajstić information content (AvgIpc) is 2.74. The first-order valence-electron chi connectivity index (χ1n) is 10.6. The fourth-order valence-electron chi connectivity index (χ4n) is 4.64. The van der Waals surface area contributed by atoms with Crippen molar-refractivity contribution in [1.29, 1.82) is 0 Å². The minimum Gasteiger partial charge on any atom is -0.394 e. The molecule has 2 aliphatic rings. The van der Waals surface area contributed by atoms with Crippen LogP contribution in [-0.4, -0.2) is 65.2 Å². The van der Waals surface area contributed by atoms with Crippen molar-refractivity contribution in [2.75, 3.05) is 26.2 Å². The van der Waals surface area contributed by atoms with Gasteiger partial charge in [-0.2, -0.15) is 0 Å². The minimum absolute atomic E-state index is 0.0211. The smallest absolute Gasteiger partial charge is 0.317 e. The Bertz CT molecular complexity index is 910. The van der Waals surface area contributed by atoms with E-state index in [4.69, 9.17) is 0 Å². The predicted octanol–water partition coefficient (Wildman–Crippen LogP) is 2.75. The van der Waals surface area contributed by atoms with Crippen molar-refractivity contribution in [1.82, 2.24) is 15.1 Å². The number of carbonyl (C=O) groups is 2.